The summed E-state index contributed by atoms with van der Waals surface area (Å²) in [5.74, 6) is 0. The Morgan fingerprint density at radius 3 is 1.60 bits per heavy atom. The zero-order valence-corrected chi connectivity index (χ0v) is 27.7. The van der Waals surface area contributed by atoms with E-state index in [0.29, 0.717) is 0 Å². The molecule has 0 N–H and O–H groups in total. The summed E-state index contributed by atoms with van der Waals surface area (Å²) >= 11 is 0. The molecule has 226 valence electrons. The minimum atomic E-state index is -0.108. The molecule has 11 rings (SSSR count). The van der Waals surface area contributed by atoms with Gasteiger partial charge in [-0.2, -0.15) is 0 Å². The smallest absolute Gasteiger partial charge is 0.0159 e. The highest BCUT2D eigenvalue weighted by Gasteiger charge is 2.43. The van der Waals surface area contributed by atoms with Gasteiger partial charge in [0.05, 0.1) is 0 Å². The third-order valence-corrected chi connectivity index (χ3v) is 12.1. The molecule has 0 aliphatic heterocycles. The fraction of sp³-hybridized carbons (Fsp3) is 0.125. The first-order valence-corrected chi connectivity index (χ1v) is 17.3. The molecule has 0 radical (unpaired) electrons. The summed E-state index contributed by atoms with van der Waals surface area (Å²) in [5, 5.41) is 13.4. The van der Waals surface area contributed by atoms with Crippen molar-refractivity contribution in [1.82, 2.24) is 0 Å². The Bertz CT molecular complexity index is 2850. The van der Waals surface area contributed by atoms with E-state index in [0.717, 1.165) is 0 Å². The van der Waals surface area contributed by atoms with E-state index in [4.69, 9.17) is 0 Å². The molecule has 0 unspecified atom stereocenters. The van der Waals surface area contributed by atoms with Gasteiger partial charge in [-0.3, -0.25) is 0 Å². The second kappa shape index (κ2) is 8.71. The molecule has 0 spiro atoms. The van der Waals surface area contributed by atoms with Crippen LogP contribution in [0.4, 0.5) is 0 Å². The summed E-state index contributed by atoms with van der Waals surface area (Å²) in [4.78, 5) is 0. The van der Waals surface area contributed by atoms with Crippen LogP contribution in [0, 0.1) is 0 Å². The van der Waals surface area contributed by atoms with Gasteiger partial charge in [-0.1, -0.05) is 131 Å². The first-order valence-electron chi connectivity index (χ1n) is 17.3. The van der Waals surface area contributed by atoms with Crippen molar-refractivity contribution in [3.8, 4) is 33.4 Å². The van der Waals surface area contributed by atoms with Crippen molar-refractivity contribution < 1.29 is 0 Å². The lowest BCUT2D eigenvalue weighted by Crippen LogP contribution is -2.17. The second-order valence-electron chi connectivity index (χ2n) is 15.3. The van der Waals surface area contributed by atoms with E-state index >= 15 is 0 Å². The maximum Gasteiger partial charge on any atom is 0.0159 e. The summed E-state index contributed by atoms with van der Waals surface area (Å²) in [7, 11) is 0. The SMILES string of the molecule is CC1(C)c2cc3c(cc2-c2c1ccc1ccccc21)C(C)(C)c1cc2ccc4cc(-c5cccc6ccccc56)cc5ccc(c1-3)c2c45. The molecule has 0 atom stereocenters. The molecule has 0 fully saturated rings. The predicted octanol–water partition coefficient (Wildman–Crippen LogP) is 13.2. The van der Waals surface area contributed by atoms with Gasteiger partial charge in [0.1, 0.15) is 0 Å². The van der Waals surface area contributed by atoms with E-state index in [1.807, 2.05) is 0 Å². The van der Waals surface area contributed by atoms with Crippen LogP contribution in [0.2, 0.25) is 0 Å². The van der Waals surface area contributed by atoms with Gasteiger partial charge >= 0.3 is 0 Å². The van der Waals surface area contributed by atoms with Gasteiger partial charge < -0.3 is 0 Å². The Morgan fingerprint density at radius 2 is 0.875 bits per heavy atom. The van der Waals surface area contributed by atoms with Crippen molar-refractivity contribution in [2.75, 3.05) is 0 Å². The van der Waals surface area contributed by atoms with Crippen LogP contribution in [0.3, 0.4) is 0 Å². The van der Waals surface area contributed by atoms with Crippen molar-refractivity contribution in [3.05, 3.63) is 156 Å². The molecule has 2 aliphatic carbocycles. The van der Waals surface area contributed by atoms with Gasteiger partial charge in [0.25, 0.3) is 0 Å². The molecule has 0 saturated heterocycles. The van der Waals surface area contributed by atoms with Crippen LogP contribution in [0.15, 0.2) is 133 Å². The van der Waals surface area contributed by atoms with E-state index in [-0.39, 0.29) is 10.8 Å². The predicted molar refractivity (Wildman–Crippen MR) is 206 cm³/mol. The largest absolute Gasteiger partial charge is 0.0616 e. The fourth-order valence-corrected chi connectivity index (χ4v) is 9.73. The van der Waals surface area contributed by atoms with Crippen molar-refractivity contribution >= 4 is 53.9 Å². The summed E-state index contributed by atoms with van der Waals surface area (Å²) in [6, 6.07) is 50.9. The fourth-order valence-electron chi connectivity index (χ4n) is 9.73. The summed E-state index contributed by atoms with van der Waals surface area (Å²) in [6.45, 7) is 9.69. The highest BCUT2D eigenvalue weighted by molar-refractivity contribution is 6.27. The molecule has 0 bridgehead atoms. The molecule has 0 heterocycles. The molecular weight excluding hydrogens is 577 g/mol. The standard InChI is InChI=1S/C48H34/c1-47(2)39-21-19-28-11-6-8-14-35(28)45(39)37-25-41-38(26-40(37)47)46-36-20-18-30-23-32(34-15-9-12-27-10-5-7-13-33(27)34)22-29-16-17-31(44(36)43(29)30)24-42(46)48(41,3)4/h5-26H,1-4H3. The summed E-state index contributed by atoms with van der Waals surface area (Å²) in [6.07, 6.45) is 0. The number of benzene rings is 9. The number of fused-ring (bicyclic) bond motifs is 10. The van der Waals surface area contributed by atoms with Gasteiger partial charge in [-0.05, 0) is 140 Å². The quantitative estimate of drug-likeness (QED) is 0.162. The van der Waals surface area contributed by atoms with Gasteiger partial charge in [0.2, 0.25) is 0 Å². The van der Waals surface area contributed by atoms with Crippen LogP contribution >= 0.6 is 0 Å². The maximum absolute atomic E-state index is 2.57. The number of rotatable bonds is 1. The molecule has 48 heavy (non-hydrogen) atoms. The minimum absolute atomic E-state index is 0.0710. The Labute approximate surface area is 280 Å². The van der Waals surface area contributed by atoms with E-state index in [1.54, 1.807) is 0 Å². The van der Waals surface area contributed by atoms with Crippen molar-refractivity contribution in [2.45, 2.75) is 38.5 Å². The highest BCUT2D eigenvalue weighted by atomic mass is 14.5. The van der Waals surface area contributed by atoms with Crippen LogP contribution in [-0.4, -0.2) is 0 Å². The Balaban J connectivity index is 1.18. The minimum Gasteiger partial charge on any atom is -0.0616 e. The topological polar surface area (TPSA) is 0 Å². The lowest BCUT2D eigenvalue weighted by atomic mass is 9.79. The number of hydrogen-bond acceptors (Lipinski definition) is 0. The van der Waals surface area contributed by atoms with E-state index in [9.17, 15) is 0 Å². The first kappa shape index (κ1) is 26.6. The Morgan fingerprint density at radius 1 is 0.333 bits per heavy atom. The zero-order valence-electron chi connectivity index (χ0n) is 27.7. The first-order chi connectivity index (χ1) is 23.3. The van der Waals surface area contributed by atoms with E-state index in [1.165, 1.54) is 109 Å². The molecule has 9 aromatic carbocycles. The lowest BCUT2D eigenvalue weighted by molar-refractivity contribution is 0.652. The van der Waals surface area contributed by atoms with E-state index in [2.05, 4.69) is 161 Å². The summed E-state index contributed by atoms with van der Waals surface area (Å²) in [5.41, 5.74) is 13.8. The van der Waals surface area contributed by atoms with Crippen LogP contribution < -0.4 is 0 Å². The molecule has 0 saturated carbocycles. The number of hydrogen-bond donors (Lipinski definition) is 0. The van der Waals surface area contributed by atoms with Crippen molar-refractivity contribution in [3.63, 3.8) is 0 Å². The average Bonchev–Trinajstić information content (AvgIpc) is 3.48. The van der Waals surface area contributed by atoms with Gasteiger partial charge in [0.15, 0.2) is 0 Å². The monoisotopic (exact) mass is 610 g/mol. The molecule has 0 nitrogen and oxygen atoms in total. The third kappa shape index (κ3) is 3.16. The Kier molecular flexibility index (Phi) is 4.82. The van der Waals surface area contributed by atoms with Crippen LogP contribution in [0.25, 0.3) is 87.2 Å². The molecular formula is C48H34. The highest BCUT2D eigenvalue weighted by Crippen LogP contribution is 2.59. The van der Waals surface area contributed by atoms with Crippen LogP contribution in [0.5, 0.6) is 0 Å². The Hall–Kier alpha value is -5.46. The normalized spacial score (nSPS) is 15.4. The van der Waals surface area contributed by atoms with E-state index < -0.39 is 0 Å². The van der Waals surface area contributed by atoms with Crippen LogP contribution in [0.1, 0.15) is 49.9 Å². The van der Waals surface area contributed by atoms with Crippen molar-refractivity contribution in [2.24, 2.45) is 0 Å². The van der Waals surface area contributed by atoms with Gasteiger partial charge in [-0.25, -0.2) is 0 Å². The third-order valence-electron chi connectivity index (χ3n) is 12.1. The lowest BCUT2D eigenvalue weighted by Gasteiger charge is -2.24. The molecule has 0 heteroatoms. The summed E-state index contributed by atoms with van der Waals surface area (Å²) < 4.78 is 0. The maximum atomic E-state index is 2.57. The second-order valence-corrected chi connectivity index (χ2v) is 15.3. The average molecular weight is 611 g/mol. The molecule has 0 amide bonds. The van der Waals surface area contributed by atoms with Gasteiger partial charge in [0, 0.05) is 10.8 Å². The van der Waals surface area contributed by atoms with Gasteiger partial charge in [-0.15, -0.1) is 0 Å². The van der Waals surface area contributed by atoms with Crippen molar-refractivity contribution in [1.29, 1.82) is 0 Å². The molecule has 9 aromatic rings. The van der Waals surface area contributed by atoms with Crippen LogP contribution in [-0.2, 0) is 10.8 Å². The zero-order chi connectivity index (χ0) is 32.1. The molecule has 0 aromatic heterocycles. The molecule has 2 aliphatic rings.